The number of hydrogen-bond acceptors (Lipinski definition) is 3. The molecule has 1 aliphatic rings. The molecular formula is C16H27N3. The molecule has 1 aromatic heterocycles. The molecule has 0 unspecified atom stereocenters. The smallest absolute Gasteiger partial charge is 0.0560 e. The molecular weight excluding hydrogens is 234 g/mol. The van der Waals surface area contributed by atoms with Crippen LogP contribution in [0.1, 0.15) is 51.6 Å². The summed E-state index contributed by atoms with van der Waals surface area (Å²) < 4.78 is 0. The van der Waals surface area contributed by atoms with Crippen molar-refractivity contribution in [3.05, 3.63) is 24.0 Å². The van der Waals surface area contributed by atoms with Crippen LogP contribution < -0.4 is 10.6 Å². The van der Waals surface area contributed by atoms with Crippen molar-refractivity contribution in [2.75, 3.05) is 11.4 Å². The topological polar surface area (TPSA) is 42.2 Å². The van der Waals surface area contributed by atoms with Gasteiger partial charge in [-0.1, -0.05) is 26.7 Å². The fourth-order valence-corrected chi connectivity index (χ4v) is 2.89. The summed E-state index contributed by atoms with van der Waals surface area (Å²) in [5.41, 5.74) is 8.01. The number of anilines is 1. The molecule has 1 aliphatic carbocycles. The Morgan fingerprint density at radius 1 is 1.37 bits per heavy atom. The molecule has 3 nitrogen and oxygen atoms in total. The summed E-state index contributed by atoms with van der Waals surface area (Å²) in [6, 6.07) is 5.02. The molecule has 1 aromatic rings. The zero-order valence-corrected chi connectivity index (χ0v) is 12.3. The summed E-state index contributed by atoms with van der Waals surface area (Å²) in [4.78, 5) is 6.90. The van der Waals surface area contributed by atoms with Crippen LogP contribution in [0.3, 0.4) is 0 Å². The van der Waals surface area contributed by atoms with Gasteiger partial charge in [0.05, 0.1) is 5.69 Å². The van der Waals surface area contributed by atoms with Crippen LogP contribution in [0.25, 0.3) is 0 Å². The minimum atomic E-state index is 0.524. The average molecular weight is 261 g/mol. The molecule has 0 aromatic carbocycles. The molecule has 1 heterocycles. The maximum absolute atomic E-state index is 5.71. The van der Waals surface area contributed by atoms with Gasteiger partial charge in [0.25, 0.3) is 0 Å². The summed E-state index contributed by atoms with van der Waals surface area (Å²) in [7, 11) is 0. The second-order valence-corrected chi connectivity index (χ2v) is 6.02. The van der Waals surface area contributed by atoms with Crippen molar-refractivity contribution in [1.29, 1.82) is 0 Å². The van der Waals surface area contributed by atoms with E-state index in [9.17, 15) is 0 Å². The van der Waals surface area contributed by atoms with E-state index in [1.165, 1.54) is 37.8 Å². The maximum Gasteiger partial charge on any atom is 0.0560 e. The van der Waals surface area contributed by atoms with Gasteiger partial charge in [0, 0.05) is 31.0 Å². The summed E-state index contributed by atoms with van der Waals surface area (Å²) in [6.07, 6.45) is 8.55. The van der Waals surface area contributed by atoms with E-state index < -0.39 is 0 Å². The van der Waals surface area contributed by atoms with Crippen molar-refractivity contribution >= 4 is 5.69 Å². The number of pyridine rings is 1. The highest BCUT2D eigenvalue weighted by molar-refractivity contribution is 5.47. The molecule has 1 saturated carbocycles. The van der Waals surface area contributed by atoms with Crippen LogP contribution in [0.15, 0.2) is 18.3 Å². The molecule has 106 valence electrons. The Bertz CT molecular complexity index is 383. The largest absolute Gasteiger partial charge is 0.368 e. The van der Waals surface area contributed by atoms with E-state index in [1.54, 1.807) is 0 Å². The fraction of sp³-hybridized carbons (Fsp3) is 0.688. The average Bonchev–Trinajstić information content (AvgIpc) is 2.93. The first-order chi connectivity index (χ1) is 9.20. The van der Waals surface area contributed by atoms with Crippen LogP contribution in [0.5, 0.6) is 0 Å². The third kappa shape index (κ3) is 3.93. The van der Waals surface area contributed by atoms with E-state index >= 15 is 0 Å². The molecule has 1 fully saturated rings. The summed E-state index contributed by atoms with van der Waals surface area (Å²) in [5.74, 6) is 0.750. The van der Waals surface area contributed by atoms with Crippen molar-refractivity contribution in [3.8, 4) is 0 Å². The van der Waals surface area contributed by atoms with Gasteiger partial charge in [-0.05, 0) is 37.3 Å². The Kier molecular flexibility index (Phi) is 5.20. The second-order valence-electron chi connectivity index (χ2n) is 6.02. The lowest BCUT2D eigenvalue weighted by Gasteiger charge is -2.32. The van der Waals surface area contributed by atoms with E-state index in [1.807, 2.05) is 6.20 Å². The van der Waals surface area contributed by atoms with Gasteiger partial charge in [0.15, 0.2) is 0 Å². The molecule has 0 spiro atoms. The molecule has 3 heteroatoms. The van der Waals surface area contributed by atoms with Crippen molar-refractivity contribution in [2.24, 2.45) is 11.7 Å². The SMILES string of the molecule is CC(C)CCN(c1ccnc(CN)c1)C1CCCC1. The molecule has 0 bridgehead atoms. The van der Waals surface area contributed by atoms with Crippen LogP contribution in [0.2, 0.25) is 0 Å². The van der Waals surface area contributed by atoms with E-state index in [2.05, 4.69) is 35.9 Å². The number of nitrogens with two attached hydrogens (primary N) is 1. The van der Waals surface area contributed by atoms with Gasteiger partial charge in [-0.25, -0.2) is 0 Å². The Hall–Kier alpha value is -1.09. The van der Waals surface area contributed by atoms with Gasteiger partial charge < -0.3 is 10.6 Å². The fourth-order valence-electron chi connectivity index (χ4n) is 2.89. The summed E-state index contributed by atoms with van der Waals surface area (Å²) in [6.45, 7) is 6.27. The molecule has 19 heavy (non-hydrogen) atoms. The lowest BCUT2D eigenvalue weighted by molar-refractivity contribution is 0.528. The van der Waals surface area contributed by atoms with Crippen LogP contribution >= 0.6 is 0 Å². The third-order valence-electron chi connectivity index (χ3n) is 4.05. The normalized spacial score (nSPS) is 16.2. The van der Waals surface area contributed by atoms with Crippen LogP contribution in [-0.4, -0.2) is 17.6 Å². The highest BCUT2D eigenvalue weighted by atomic mass is 15.2. The summed E-state index contributed by atoms with van der Waals surface area (Å²) >= 11 is 0. The standard InChI is InChI=1S/C16H27N3/c1-13(2)8-10-19(15-5-3-4-6-15)16-7-9-18-14(11-16)12-17/h7,9,11,13,15H,3-6,8,10,12,17H2,1-2H3. The number of nitrogens with zero attached hydrogens (tertiary/aromatic N) is 2. The molecule has 2 N–H and O–H groups in total. The van der Waals surface area contributed by atoms with Crippen LogP contribution in [0.4, 0.5) is 5.69 Å². The molecule has 2 rings (SSSR count). The molecule has 0 saturated heterocycles. The molecule has 0 aliphatic heterocycles. The van der Waals surface area contributed by atoms with Crippen molar-refractivity contribution in [2.45, 2.75) is 58.5 Å². The maximum atomic E-state index is 5.71. The van der Waals surface area contributed by atoms with Gasteiger partial charge in [-0.15, -0.1) is 0 Å². The number of hydrogen-bond donors (Lipinski definition) is 1. The Morgan fingerprint density at radius 2 is 2.11 bits per heavy atom. The van der Waals surface area contributed by atoms with E-state index in [0.717, 1.165) is 18.2 Å². The van der Waals surface area contributed by atoms with Gasteiger partial charge >= 0.3 is 0 Å². The van der Waals surface area contributed by atoms with E-state index in [-0.39, 0.29) is 0 Å². The summed E-state index contributed by atoms with van der Waals surface area (Å²) in [5, 5.41) is 0. The van der Waals surface area contributed by atoms with Crippen molar-refractivity contribution in [1.82, 2.24) is 4.98 Å². The minimum absolute atomic E-state index is 0.524. The lowest BCUT2D eigenvalue weighted by atomic mass is 10.1. The second kappa shape index (κ2) is 6.90. The predicted molar refractivity (Wildman–Crippen MR) is 81.2 cm³/mol. The quantitative estimate of drug-likeness (QED) is 0.854. The molecule has 0 radical (unpaired) electrons. The molecule has 0 atom stereocenters. The Balaban J connectivity index is 2.14. The van der Waals surface area contributed by atoms with Crippen LogP contribution in [0, 0.1) is 5.92 Å². The highest BCUT2D eigenvalue weighted by Gasteiger charge is 2.23. The number of rotatable bonds is 6. The van der Waals surface area contributed by atoms with Crippen molar-refractivity contribution in [3.63, 3.8) is 0 Å². The lowest BCUT2D eigenvalue weighted by Crippen LogP contribution is -2.34. The number of aromatic nitrogens is 1. The van der Waals surface area contributed by atoms with Gasteiger partial charge in [-0.2, -0.15) is 0 Å². The first kappa shape index (κ1) is 14.3. The first-order valence-corrected chi connectivity index (χ1v) is 7.62. The van der Waals surface area contributed by atoms with E-state index in [4.69, 9.17) is 5.73 Å². The zero-order valence-electron chi connectivity index (χ0n) is 12.3. The Morgan fingerprint density at radius 3 is 2.74 bits per heavy atom. The zero-order chi connectivity index (χ0) is 13.7. The van der Waals surface area contributed by atoms with Gasteiger partial charge in [0.1, 0.15) is 0 Å². The first-order valence-electron chi connectivity index (χ1n) is 7.62. The monoisotopic (exact) mass is 261 g/mol. The van der Waals surface area contributed by atoms with Gasteiger partial charge in [-0.3, -0.25) is 4.98 Å². The van der Waals surface area contributed by atoms with Crippen LogP contribution in [-0.2, 0) is 6.54 Å². The predicted octanol–water partition coefficient (Wildman–Crippen LogP) is 3.34. The minimum Gasteiger partial charge on any atom is -0.368 e. The van der Waals surface area contributed by atoms with E-state index in [0.29, 0.717) is 12.6 Å². The Labute approximate surface area is 117 Å². The highest BCUT2D eigenvalue weighted by Crippen LogP contribution is 2.29. The molecule has 0 amide bonds. The van der Waals surface area contributed by atoms with Crippen molar-refractivity contribution < 1.29 is 0 Å². The van der Waals surface area contributed by atoms with Gasteiger partial charge in [0.2, 0.25) is 0 Å². The third-order valence-corrected chi connectivity index (χ3v) is 4.05.